The van der Waals surface area contributed by atoms with E-state index >= 15 is 0 Å². The van der Waals surface area contributed by atoms with Crippen LogP contribution in [0.5, 0.6) is 5.75 Å². The third-order valence-electron chi connectivity index (χ3n) is 2.96. The molecule has 0 unspecified atom stereocenters. The summed E-state index contributed by atoms with van der Waals surface area (Å²) in [6, 6.07) is 6.57. The van der Waals surface area contributed by atoms with E-state index in [4.69, 9.17) is 4.74 Å². The molecule has 8 heteroatoms. The maximum absolute atomic E-state index is 11.9. The standard InChI is InChI=1S/C15H16N4O4/c1-3-23-11-6-4-10(5-7-11)13(20)19-16-8-12-9(2)17-15(22)18-14(12)21/h4-8H,3H2,1-2H3,(H,19,20)(H2,17,18,21,22)/b16-8+. The Morgan fingerprint density at radius 1 is 1.26 bits per heavy atom. The number of nitrogens with zero attached hydrogens (tertiary/aromatic N) is 1. The first-order valence-electron chi connectivity index (χ1n) is 6.90. The summed E-state index contributed by atoms with van der Waals surface area (Å²) in [5.41, 5.74) is 2.06. The third kappa shape index (κ3) is 4.16. The molecule has 0 aliphatic heterocycles. The average molecular weight is 316 g/mol. The molecule has 1 aromatic heterocycles. The fourth-order valence-electron chi connectivity index (χ4n) is 1.85. The summed E-state index contributed by atoms with van der Waals surface area (Å²) >= 11 is 0. The number of amides is 1. The Kier molecular flexibility index (Phi) is 5.08. The topological polar surface area (TPSA) is 116 Å². The van der Waals surface area contributed by atoms with Crippen LogP contribution in [0.15, 0.2) is 39.0 Å². The highest BCUT2D eigenvalue weighted by atomic mass is 16.5. The number of aryl methyl sites for hydroxylation is 1. The molecule has 0 saturated carbocycles. The Labute approximate surface area is 131 Å². The van der Waals surface area contributed by atoms with Crippen LogP contribution in [0.2, 0.25) is 0 Å². The number of hydrazone groups is 1. The normalized spacial score (nSPS) is 10.7. The number of benzene rings is 1. The second-order valence-electron chi connectivity index (χ2n) is 4.60. The van der Waals surface area contributed by atoms with E-state index in [1.54, 1.807) is 31.2 Å². The quantitative estimate of drug-likeness (QED) is 0.551. The molecule has 0 radical (unpaired) electrons. The van der Waals surface area contributed by atoms with Gasteiger partial charge in [-0.15, -0.1) is 0 Å². The lowest BCUT2D eigenvalue weighted by Gasteiger charge is -2.04. The number of hydrogen-bond donors (Lipinski definition) is 3. The number of hydrogen-bond acceptors (Lipinski definition) is 5. The molecular weight excluding hydrogens is 300 g/mol. The summed E-state index contributed by atoms with van der Waals surface area (Å²) < 4.78 is 5.29. The predicted molar refractivity (Wildman–Crippen MR) is 85.1 cm³/mol. The van der Waals surface area contributed by atoms with Gasteiger partial charge in [0.25, 0.3) is 11.5 Å². The van der Waals surface area contributed by atoms with Crippen molar-refractivity contribution in [1.82, 2.24) is 15.4 Å². The van der Waals surface area contributed by atoms with Crippen LogP contribution >= 0.6 is 0 Å². The summed E-state index contributed by atoms with van der Waals surface area (Å²) in [5.74, 6) is 0.241. The summed E-state index contributed by atoms with van der Waals surface area (Å²) in [6.07, 6.45) is 1.18. The second kappa shape index (κ2) is 7.21. The number of aromatic nitrogens is 2. The van der Waals surface area contributed by atoms with Gasteiger partial charge in [0.1, 0.15) is 5.75 Å². The first-order chi connectivity index (χ1) is 11.0. The van der Waals surface area contributed by atoms with Crippen LogP contribution in [-0.2, 0) is 0 Å². The molecule has 0 atom stereocenters. The molecule has 8 nitrogen and oxygen atoms in total. The highest BCUT2D eigenvalue weighted by Crippen LogP contribution is 2.11. The van der Waals surface area contributed by atoms with E-state index in [9.17, 15) is 14.4 Å². The van der Waals surface area contributed by atoms with Crippen LogP contribution in [0, 0.1) is 6.92 Å². The molecule has 0 fully saturated rings. The van der Waals surface area contributed by atoms with E-state index in [1.807, 2.05) is 6.92 Å². The van der Waals surface area contributed by atoms with Crippen LogP contribution in [0.25, 0.3) is 0 Å². The number of ether oxygens (including phenoxy) is 1. The lowest BCUT2D eigenvalue weighted by atomic mass is 10.2. The van der Waals surface area contributed by atoms with Crippen molar-refractivity contribution in [2.75, 3.05) is 6.61 Å². The van der Waals surface area contributed by atoms with Crippen molar-refractivity contribution in [1.29, 1.82) is 0 Å². The highest BCUT2D eigenvalue weighted by Gasteiger charge is 2.05. The Morgan fingerprint density at radius 3 is 2.57 bits per heavy atom. The fourth-order valence-corrected chi connectivity index (χ4v) is 1.85. The number of carbonyl (C=O) groups is 1. The van der Waals surface area contributed by atoms with Crippen LogP contribution in [0.4, 0.5) is 0 Å². The van der Waals surface area contributed by atoms with Crippen molar-refractivity contribution in [3.05, 3.63) is 61.9 Å². The van der Waals surface area contributed by atoms with E-state index in [0.717, 1.165) is 0 Å². The molecule has 3 N–H and O–H groups in total. The van der Waals surface area contributed by atoms with Crippen molar-refractivity contribution in [2.24, 2.45) is 5.10 Å². The molecule has 0 spiro atoms. The zero-order valence-corrected chi connectivity index (χ0v) is 12.7. The number of rotatable bonds is 5. The van der Waals surface area contributed by atoms with Crippen LogP contribution < -0.4 is 21.4 Å². The Morgan fingerprint density at radius 2 is 1.96 bits per heavy atom. The number of aromatic amines is 2. The second-order valence-corrected chi connectivity index (χ2v) is 4.60. The maximum atomic E-state index is 11.9. The molecule has 1 aromatic carbocycles. The third-order valence-corrected chi connectivity index (χ3v) is 2.96. The van der Waals surface area contributed by atoms with Gasteiger partial charge in [-0.25, -0.2) is 10.2 Å². The molecule has 2 aromatic rings. The van der Waals surface area contributed by atoms with Gasteiger partial charge in [0.2, 0.25) is 0 Å². The van der Waals surface area contributed by atoms with E-state index < -0.39 is 17.2 Å². The first-order valence-corrected chi connectivity index (χ1v) is 6.90. The fraction of sp³-hybridized carbons (Fsp3) is 0.200. The number of H-pyrrole nitrogens is 2. The number of nitrogens with one attached hydrogen (secondary N) is 3. The van der Waals surface area contributed by atoms with Crippen molar-refractivity contribution in [3.8, 4) is 5.75 Å². The van der Waals surface area contributed by atoms with Crippen molar-refractivity contribution in [3.63, 3.8) is 0 Å². The van der Waals surface area contributed by atoms with Crippen molar-refractivity contribution in [2.45, 2.75) is 13.8 Å². The first kappa shape index (κ1) is 16.2. The lowest BCUT2D eigenvalue weighted by Crippen LogP contribution is -2.27. The molecule has 1 amide bonds. The van der Waals surface area contributed by atoms with E-state index in [2.05, 4.69) is 20.5 Å². The van der Waals surface area contributed by atoms with E-state index in [1.165, 1.54) is 6.21 Å². The summed E-state index contributed by atoms with van der Waals surface area (Å²) in [6.45, 7) is 3.98. The smallest absolute Gasteiger partial charge is 0.325 e. The lowest BCUT2D eigenvalue weighted by molar-refractivity contribution is 0.0955. The average Bonchev–Trinajstić information content (AvgIpc) is 2.50. The van der Waals surface area contributed by atoms with Gasteiger partial charge in [-0.05, 0) is 38.1 Å². The molecule has 0 saturated heterocycles. The summed E-state index contributed by atoms with van der Waals surface area (Å²) in [5, 5.41) is 3.73. The van der Waals surface area contributed by atoms with Gasteiger partial charge >= 0.3 is 5.69 Å². The van der Waals surface area contributed by atoms with Gasteiger partial charge in [-0.3, -0.25) is 14.6 Å². The minimum absolute atomic E-state index is 0.164. The van der Waals surface area contributed by atoms with E-state index in [-0.39, 0.29) is 5.56 Å². The minimum atomic E-state index is -0.594. The van der Waals surface area contributed by atoms with Crippen molar-refractivity contribution < 1.29 is 9.53 Å². The van der Waals surface area contributed by atoms with Gasteiger partial charge < -0.3 is 9.72 Å². The van der Waals surface area contributed by atoms with Gasteiger partial charge in [0.05, 0.1) is 18.4 Å². The minimum Gasteiger partial charge on any atom is -0.494 e. The molecular formula is C15H16N4O4. The SMILES string of the molecule is CCOc1ccc(C(=O)N/N=C/c2c(C)[nH]c(=O)[nH]c2=O)cc1. The molecule has 2 rings (SSSR count). The molecule has 120 valence electrons. The monoisotopic (exact) mass is 316 g/mol. The van der Waals surface area contributed by atoms with Crippen LogP contribution in [0.3, 0.4) is 0 Å². The highest BCUT2D eigenvalue weighted by molar-refractivity contribution is 5.95. The molecule has 0 aliphatic carbocycles. The van der Waals surface area contributed by atoms with Gasteiger partial charge in [0.15, 0.2) is 0 Å². The van der Waals surface area contributed by atoms with Gasteiger partial charge in [0, 0.05) is 11.3 Å². The van der Waals surface area contributed by atoms with Crippen LogP contribution in [0.1, 0.15) is 28.5 Å². The van der Waals surface area contributed by atoms with Gasteiger partial charge in [-0.2, -0.15) is 5.10 Å². The molecule has 0 aliphatic rings. The number of carbonyl (C=O) groups excluding carboxylic acids is 1. The van der Waals surface area contributed by atoms with Gasteiger partial charge in [-0.1, -0.05) is 0 Å². The summed E-state index contributed by atoms with van der Waals surface area (Å²) in [7, 11) is 0. The molecule has 23 heavy (non-hydrogen) atoms. The van der Waals surface area contributed by atoms with Crippen LogP contribution in [-0.4, -0.2) is 28.7 Å². The zero-order chi connectivity index (χ0) is 16.8. The zero-order valence-electron chi connectivity index (χ0n) is 12.7. The van der Waals surface area contributed by atoms with E-state index in [0.29, 0.717) is 23.6 Å². The maximum Gasteiger partial charge on any atom is 0.325 e. The molecule has 0 bridgehead atoms. The Balaban J connectivity index is 2.07. The summed E-state index contributed by atoms with van der Waals surface area (Å²) in [4.78, 5) is 39.1. The molecule has 1 heterocycles. The largest absolute Gasteiger partial charge is 0.494 e. The predicted octanol–water partition coefficient (Wildman–Crippen LogP) is 0.534. The Hall–Kier alpha value is -3.16. The van der Waals surface area contributed by atoms with Crippen molar-refractivity contribution >= 4 is 12.1 Å². The Bertz CT molecular complexity index is 834.